The Kier molecular flexibility index (Phi) is 9.46. The molecule has 0 aliphatic rings. The van der Waals surface area contributed by atoms with Crippen molar-refractivity contribution < 1.29 is 4.74 Å². The first kappa shape index (κ1) is 12.2. The number of halogens is 1. The highest BCUT2D eigenvalue weighted by atomic mass is 35.5. The predicted molar refractivity (Wildman–Crippen MR) is 53.9 cm³/mol. The summed E-state index contributed by atoms with van der Waals surface area (Å²) in [4.78, 5) is 0. The summed E-state index contributed by atoms with van der Waals surface area (Å²) in [5.41, 5.74) is 0. The first-order chi connectivity index (χ1) is 5.77. The fourth-order valence-corrected chi connectivity index (χ4v) is 0.979. The molecule has 1 N–H and O–H groups in total. The Balaban J connectivity index is 2.82. The van der Waals surface area contributed by atoms with E-state index in [9.17, 15) is 0 Å². The first-order valence-electron chi connectivity index (χ1n) is 4.70. The third-order valence-corrected chi connectivity index (χ3v) is 1.78. The highest BCUT2D eigenvalue weighted by Crippen LogP contribution is 1.97. The van der Waals surface area contributed by atoms with Crippen LogP contribution in [-0.2, 0) is 4.74 Å². The summed E-state index contributed by atoms with van der Waals surface area (Å²) in [6.07, 6.45) is 2.13. The molecule has 0 amide bonds. The Morgan fingerprint density at radius 3 is 2.75 bits per heavy atom. The van der Waals surface area contributed by atoms with Crippen molar-refractivity contribution in [1.29, 1.82) is 0 Å². The average molecular weight is 194 g/mol. The zero-order valence-corrected chi connectivity index (χ0v) is 8.86. The van der Waals surface area contributed by atoms with E-state index in [0.29, 0.717) is 0 Å². The lowest BCUT2D eigenvalue weighted by Gasteiger charge is -2.05. The van der Waals surface area contributed by atoms with Crippen LogP contribution in [0, 0.1) is 0 Å². The van der Waals surface area contributed by atoms with Gasteiger partial charge in [0.1, 0.15) is 0 Å². The molecule has 12 heavy (non-hydrogen) atoms. The van der Waals surface area contributed by atoms with Crippen LogP contribution in [0.5, 0.6) is 0 Å². The summed E-state index contributed by atoms with van der Waals surface area (Å²) in [6.45, 7) is 7.76. The van der Waals surface area contributed by atoms with Crippen molar-refractivity contribution in [1.82, 2.24) is 5.32 Å². The van der Waals surface area contributed by atoms with E-state index in [0.717, 1.165) is 39.1 Å². The van der Waals surface area contributed by atoms with Crippen LogP contribution >= 0.6 is 11.6 Å². The molecule has 0 aromatic rings. The molecular weight excluding hydrogens is 174 g/mol. The van der Waals surface area contributed by atoms with Crippen LogP contribution in [0.4, 0.5) is 0 Å². The van der Waals surface area contributed by atoms with E-state index >= 15 is 0 Å². The average Bonchev–Trinajstić information content (AvgIpc) is 2.02. The third-order valence-electron chi connectivity index (χ3n) is 1.57. The van der Waals surface area contributed by atoms with Gasteiger partial charge < -0.3 is 10.1 Å². The van der Waals surface area contributed by atoms with E-state index in [-0.39, 0.29) is 5.38 Å². The van der Waals surface area contributed by atoms with Gasteiger partial charge in [-0.2, -0.15) is 0 Å². The monoisotopic (exact) mass is 193 g/mol. The minimum Gasteiger partial charge on any atom is -0.382 e. The van der Waals surface area contributed by atoms with Crippen molar-refractivity contribution in [2.45, 2.75) is 32.1 Å². The van der Waals surface area contributed by atoms with Gasteiger partial charge in [0.15, 0.2) is 0 Å². The number of hydrogen-bond acceptors (Lipinski definition) is 2. The molecule has 3 heteroatoms. The van der Waals surface area contributed by atoms with Gasteiger partial charge in [-0.1, -0.05) is 0 Å². The molecule has 0 saturated heterocycles. The molecule has 0 radical (unpaired) electrons. The predicted octanol–water partition coefficient (Wildman–Crippen LogP) is 2.02. The van der Waals surface area contributed by atoms with Gasteiger partial charge in [0.05, 0.1) is 0 Å². The second-order valence-electron chi connectivity index (χ2n) is 2.87. The van der Waals surface area contributed by atoms with Crippen LogP contribution in [0.3, 0.4) is 0 Å². The molecule has 1 atom stereocenters. The molecule has 2 nitrogen and oxygen atoms in total. The van der Waals surface area contributed by atoms with Gasteiger partial charge in [-0.3, -0.25) is 0 Å². The highest BCUT2D eigenvalue weighted by molar-refractivity contribution is 6.20. The van der Waals surface area contributed by atoms with Crippen LogP contribution in [0.25, 0.3) is 0 Å². The lowest BCUT2D eigenvalue weighted by Crippen LogP contribution is -2.19. The van der Waals surface area contributed by atoms with Gasteiger partial charge in [0.2, 0.25) is 0 Å². The second kappa shape index (κ2) is 9.30. The summed E-state index contributed by atoms with van der Waals surface area (Å²) < 4.78 is 5.20. The highest BCUT2D eigenvalue weighted by Gasteiger charge is 1.94. The molecule has 0 saturated carbocycles. The summed E-state index contributed by atoms with van der Waals surface area (Å²) >= 11 is 5.78. The Morgan fingerprint density at radius 2 is 2.17 bits per heavy atom. The smallest absolute Gasteiger partial charge is 0.0477 e. The normalized spacial score (nSPS) is 13.2. The largest absolute Gasteiger partial charge is 0.382 e. The number of alkyl halides is 1. The SMILES string of the molecule is CCOCCCNCCC(C)Cl. The van der Waals surface area contributed by atoms with E-state index in [4.69, 9.17) is 16.3 Å². The van der Waals surface area contributed by atoms with Crippen molar-refractivity contribution in [3.05, 3.63) is 0 Å². The van der Waals surface area contributed by atoms with E-state index < -0.39 is 0 Å². The molecule has 0 aliphatic heterocycles. The summed E-state index contributed by atoms with van der Waals surface area (Å²) in [5, 5.41) is 3.59. The maximum absolute atomic E-state index is 5.78. The van der Waals surface area contributed by atoms with E-state index in [1.807, 2.05) is 13.8 Å². The Morgan fingerprint density at radius 1 is 1.42 bits per heavy atom. The van der Waals surface area contributed by atoms with Crippen LogP contribution < -0.4 is 5.32 Å². The maximum Gasteiger partial charge on any atom is 0.0477 e. The van der Waals surface area contributed by atoms with Crippen molar-refractivity contribution in [2.24, 2.45) is 0 Å². The molecule has 0 aromatic heterocycles. The molecule has 0 fully saturated rings. The van der Waals surface area contributed by atoms with E-state index in [2.05, 4.69) is 5.32 Å². The summed E-state index contributed by atoms with van der Waals surface area (Å²) in [5.74, 6) is 0. The minimum atomic E-state index is 0.282. The lowest BCUT2D eigenvalue weighted by molar-refractivity contribution is 0.145. The van der Waals surface area contributed by atoms with Gasteiger partial charge in [0, 0.05) is 18.6 Å². The Hall–Kier alpha value is 0.210. The summed E-state index contributed by atoms with van der Waals surface area (Å²) in [7, 11) is 0. The van der Waals surface area contributed by atoms with Crippen molar-refractivity contribution >= 4 is 11.6 Å². The van der Waals surface area contributed by atoms with Gasteiger partial charge >= 0.3 is 0 Å². The number of hydrogen-bond donors (Lipinski definition) is 1. The van der Waals surface area contributed by atoms with Crippen LogP contribution in [0.2, 0.25) is 0 Å². The minimum absolute atomic E-state index is 0.282. The zero-order chi connectivity index (χ0) is 9.23. The first-order valence-corrected chi connectivity index (χ1v) is 5.13. The second-order valence-corrected chi connectivity index (χ2v) is 3.61. The molecule has 0 aliphatic carbocycles. The quantitative estimate of drug-likeness (QED) is 0.471. The summed E-state index contributed by atoms with van der Waals surface area (Å²) in [6, 6.07) is 0. The molecule has 0 bridgehead atoms. The number of ether oxygens (including phenoxy) is 1. The molecule has 0 heterocycles. The van der Waals surface area contributed by atoms with Crippen LogP contribution in [0.15, 0.2) is 0 Å². The lowest BCUT2D eigenvalue weighted by atomic mass is 10.3. The standard InChI is InChI=1S/C9H20ClNO/c1-3-12-8-4-6-11-7-5-9(2)10/h9,11H,3-8H2,1-2H3. The molecule has 0 spiro atoms. The molecule has 74 valence electrons. The maximum atomic E-state index is 5.78. The topological polar surface area (TPSA) is 21.3 Å². The molecule has 0 aromatic carbocycles. The number of nitrogens with one attached hydrogen (secondary N) is 1. The van der Waals surface area contributed by atoms with Crippen LogP contribution in [-0.4, -0.2) is 31.7 Å². The van der Waals surface area contributed by atoms with Gasteiger partial charge in [0.25, 0.3) is 0 Å². The molecular formula is C9H20ClNO. The Bertz CT molecular complexity index is 88.6. The fraction of sp³-hybridized carbons (Fsp3) is 1.00. The molecule has 1 unspecified atom stereocenters. The Labute approximate surface area is 80.6 Å². The fourth-order valence-electron chi connectivity index (χ4n) is 0.870. The van der Waals surface area contributed by atoms with Gasteiger partial charge in [-0.05, 0) is 39.8 Å². The van der Waals surface area contributed by atoms with E-state index in [1.54, 1.807) is 0 Å². The van der Waals surface area contributed by atoms with Crippen molar-refractivity contribution in [3.8, 4) is 0 Å². The van der Waals surface area contributed by atoms with Crippen molar-refractivity contribution in [3.63, 3.8) is 0 Å². The van der Waals surface area contributed by atoms with Crippen molar-refractivity contribution in [2.75, 3.05) is 26.3 Å². The van der Waals surface area contributed by atoms with Crippen LogP contribution in [0.1, 0.15) is 26.7 Å². The molecule has 0 rings (SSSR count). The zero-order valence-electron chi connectivity index (χ0n) is 8.11. The number of rotatable bonds is 8. The van der Waals surface area contributed by atoms with Gasteiger partial charge in [-0.15, -0.1) is 11.6 Å². The third kappa shape index (κ3) is 10.2. The van der Waals surface area contributed by atoms with E-state index in [1.165, 1.54) is 0 Å². The van der Waals surface area contributed by atoms with Gasteiger partial charge in [-0.25, -0.2) is 0 Å².